The first-order chi connectivity index (χ1) is 9.04. The molecule has 1 saturated heterocycles. The van der Waals surface area contributed by atoms with Crippen molar-refractivity contribution >= 4 is 10.0 Å². The van der Waals surface area contributed by atoms with Gasteiger partial charge in [-0.2, -0.15) is 9.40 Å². The summed E-state index contributed by atoms with van der Waals surface area (Å²) in [6, 6.07) is 0. The number of nitrogens with zero attached hydrogens (tertiary/aromatic N) is 4. The Morgan fingerprint density at radius 2 is 2.00 bits per heavy atom. The summed E-state index contributed by atoms with van der Waals surface area (Å²) in [6.07, 6.45) is 3.79. The van der Waals surface area contributed by atoms with Crippen molar-refractivity contribution in [3.63, 3.8) is 0 Å². The molecule has 0 aliphatic carbocycles. The lowest BCUT2D eigenvalue weighted by atomic mass is 10.4. The molecular formula is C11H21N5O2S. The van der Waals surface area contributed by atoms with Gasteiger partial charge in [-0.3, -0.25) is 4.68 Å². The summed E-state index contributed by atoms with van der Waals surface area (Å²) >= 11 is 0. The third kappa shape index (κ3) is 3.33. The maximum atomic E-state index is 12.4. The van der Waals surface area contributed by atoms with Crippen molar-refractivity contribution in [3.8, 4) is 0 Å². The Morgan fingerprint density at radius 3 is 2.63 bits per heavy atom. The molecule has 1 aromatic rings. The Bertz CT molecular complexity index is 505. The Morgan fingerprint density at radius 1 is 1.32 bits per heavy atom. The standard InChI is InChI=1S/C11H21N5O2S/c1-14-5-7-16(8-6-14)19(17,18)11-9-13-15(10-11)4-2-3-12/h9-10H,2-8,12H2,1H3. The van der Waals surface area contributed by atoms with Gasteiger partial charge in [0.1, 0.15) is 4.90 Å². The highest BCUT2D eigenvalue weighted by molar-refractivity contribution is 7.89. The van der Waals surface area contributed by atoms with Gasteiger partial charge >= 0.3 is 0 Å². The molecule has 7 nitrogen and oxygen atoms in total. The van der Waals surface area contributed by atoms with E-state index in [1.807, 2.05) is 7.05 Å². The monoisotopic (exact) mass is 287 g/mol. The zero-order chi connectivity index (χ0) is 13.9. The van der Waals surface area contributed by atoms with Gasteiger partial charge < -0.3 is 10.6 Å². The van der Waals surface area contributed by atoms with Gasteiger partial charge in [0.15, 0.2) is 0 Å². The van der Waals surface area contributed by atoms with Crippen LogP contribution in [0.25, 0.3) is 0 Å². The molecule has 8 heteroatoms. The van der Waals surface area contributed by atoms with E-state index in [0.717, 1.165) is 19.5 Å². The van der Waals surface area contributed by atoms with Gasteiger partial charge in [-0.05, 0) is 20.0 Å². The molecule has 1 aliphatic heterocycles. The molecule has 0 saturated carbocycles. The minimum Gasteiger partial charge on any atom is -0.330 e. The molecule has 2 N–H and O–H groups in total. The third-order valence-corrected chi connectivity index (χ3v) is 5.15. The van der Waals surface area contributed by atoms with E-state index in [9.17, 15) is 8.42 Å². The van der Waals surface area contributed by atoms with Crippen molar-refractivity contribution in [2.45, 2.75) is 17.9 Å². The van der Waals surface area contributed by atoms with Crippen LogP contribution in [0.15, 0.2) is 17.3 Å². The highest BCUT2D eigenvalue weighted by Gasteiger charge is 2.28. The largest absolute Gasteiger partial charge is 0.330 e. The van der Waals surface area contributed by atoms with Crippen LogP contribution in [0, 0.1) is 0 Å². The fourth-order valence-corrected chi connectivity index (χ4v) is 3.41. The minimum atomic E-state index is -3.40. The van der Waals surface area contributed by atoms with Gasteiger partial charge in [0, 0.05) is 38.9 Å². The van der Waals surface area contributed by atoms with Crippen LogP contribution in [-0.4, -0.2) is 67.2 Å². The van der Waals surface area contributed by atoms with E-state index in [0.29, 0.717) is 26.2 Å². The lowest BCUT2D eigenvalue weighted by molar-refractivity contribution is 0.222. The van der Waals surface area contributed by atoms with Crippen LogP contribution in [0.3, 0.4) is 0 Å². The molecule has 19 heavy (non-hydrogen) atoms. The van der Waals surface area contributed by atoms with Crippen LogP contribution in [0.2, 0.25) is 0 Å². The number of hydrogen-bond acceptors (Lipinski definition) is 5. The number of likely N-dealkylation sites (N-methyl/N-ethyl adjacent to an activating group) is 1. The molecule has 0 radical (unpaired) electrons. The zero-order valence-corrected chi connectivity index (χ0v) is 12.0. The molecular weight excluding hydrogens is 266 g/mol. The van der Waals surface area contributed by atoms with Crippen LogP contribution in [0.5, 0.6) is 0 Å². The average molecular weight is 287 g/mol. The lowest BCUT2D eigenvalue weighted by Crippen LogP contribution is -2.46. The second-order valence-electron chi connectivity index (χ2n) is 4.79. The van der Waals surface area contributed by atoms with Gasteiger partial charge in [-0.25, -0.2) is 8.42 Å². The zero-order valence-electron chi connectivity index (χ0n) is 11.2. The number of aryl methyl sites for hydroxylation is 1. The smallest absolute Gasteiger partial charge is 0.246 e. The summed E-state index contributed by atoms with van der Waals surface area (Å²) in [5, 5.41) is 4.07. The Balaban J connectivity index is 2.08. The molecule has 1 aromatic heterocycles. The predicted octanol–water partition coefficient (Wildman–Crippen LogP) is -0.832. The number of nitrogens with two attached hydrogens (primary N) is 1. The summed E-state index contributed by atoms with van der Waals surface area (Å²) in [6.45, 7) is 3.82. The van der Waals surface area contributed by atoms with Gasteiger partial charge in [0.2, 0.25) is 10.0 Å². The van der Waals surface area contributed by atoms with Crippen LogP contribution in [0.1, 0.15) is 6.42 Å². The first-order valence-electron chi connectivity index (χ1n) is 6.45. The molecule has 0 unspecified atom stereocenters. The molecule has 0 bridgehead atoms. The van der Waals surface area contributed by atoms with Gasteiger partial charge in [0.05, 0.1) is 6.20 Å². The number of sulfonamides is 1. The molecule has 0 amide bonds. The number of hydrogen-bond donors (Lipinski definition) is 1. The van der Waals surface area contributed by atoms with Crippen molar-refractivity contribution in [1.29, 1.82) is 0 Å². The van der Waals surface area contributed by atoms with Gasteiger partial charge in [-0.1, -0.05) is 0 Å². The van der Waals surface area contributed by atoms with Crippen molar-refractivity contribution in [2.24, 2.45) is 5.73 Å². The number of rotatable bonds is 5. The molecule has 1 aliphatic rings. The fraction of sp³-hybridized carbons (Fsp3) is 0.727. The topological polar surface area (TPSA) is 84.5 Å². The van der Waals surface area contributed by atoms with Crippen molar-refractivity contribution < 1.29 is 8.42 Å². The molecule has 0 aromatic carbocycles. The highest BCUT2D eigenvalue weighted by Crippen LogP contribution is 2.16. The molecule has 0 atom stereocenters. The summed E-state index contributed by atoms with van der Waals surface area (Å²) < 4.78 is 28.0. The Hall–Kier alpha value is -0.960. The van der Waals surface area contributed by atoms with Gasteiger partial charge in [0.25, 0.3) is 0 Å². The van der Waals surface area contributed by atoms with E-state index in [1.165, 1.54) is 10.5 Å². The van der Waals surface area contributed by atoms with Crippen LogP contribution >= 0.6 is 0 Å². The predicted molar refractivity (Wildman–Crippen MR) is 72.2 cm³/mol. The SMILES string of the molecule is CN1CCN(S(=O)(=O)c2cnn(CCCN)c2)CC1. The van der Waals surface area contributed by atoms with E-state index >= 15 is 0 Å². The van der Waals surface area contributed by atoms with E-state index in [1.54, 1.807) is 10.9 Å². The molecule has 0 spiro atoms. The quantitative estimate of drug-likeness (QED) is 0.764. The maximum Gasteiger partial charge on any atom is 0.246 e. The van der Waals surface area contributed by atoms with E-state index in [4.69, 9.17) is 5.73 Å². The molecule has 2 rings (SSSR count). The van der Waals surface area contributed by atoms with Crippen LogP contribution in [0.4, 0.5) is 0 Å². The van der Waals surface area contributed by atoms with E-state index in [2.05, 4.69) is 10.00 Å². The molecule has 108 valence electrons. The fourth-order valence-electron chi connectivity index (χ4n) is 2.03. The highest BCUT2D eigenvalue weighted by atomic mass is 32.2. The normalized spacial score (nSPS) is 18.8. The van der Waals surface area contributed by atoms with Crippen LogP contribution in [-0.2, 0) is 16.6 Å². The van der Waals surface area contributed by atoms with Crippen molar-refractivity contribution in [3.05, 3.63) is 12.4 Å². The third-order valence-electron chi connectivity index (χ3n) is 3.30. The molecule has 2 heterocycles. The summed E-state index contributed by atoms with van der Waals surface area (Å²) in [5.41, 5.74) is 5.43. The minimum absolute atomic E-state index is 0.272. The van der Waals surface area contributed by atoms with Crippen molar-refractivity contribution in [1.82, 2.24) is 19.0 Å². The second kappa shape index (κ2) is 6.00. The van der Waals surface area contributed by atoms with Crippen LogP contribution < -0.4 is 5.73 Å². The summed E-state index contributed by atoms with van der Waals surface area (Å²) in [4.78, 5) is 2.39. The Kier molecular flexibility index (Phi) is 4.56. The van der Waals surface area contributed by atoms with Gasteiger partial charge in [-0.15, -0.1) is 0 Å². The summed E-state index contributed by atoms with van der Waals surface area (Å²) in [7, 11) is -1.40. The second-order valence-corrected chi connectivity index (χ2v) is 6.73. The lowest BCUT2D eigenvalue weighted by Gasteiger charge is -2.31. The number of piperazine rings is 1. The van der Waals surface area contributed by atoms with E-state index < -0.39 is 10.0 Å². The first kappa shape index (κ1) is 14.4. The Labute approximate surface area is 114 Å². The van der Waals surface area contributed by atoms with E-state index in [-0.39, 0.29) is 4.90 Å². The molecule has 1 fully saturated rings. The van der Waals surface area contributed by atoms with Crippen molar-refractivity contribution in [2.75, 3.05) is 39.8 Å². The average Bonchev–Trinajstić information content (AvgIpc) is 2.86. The maximum absolute atomic E-state index is 12.4. The number of aromatic nitrogens is 2. The first-order valence-corrected chi connectivity index (χ1v) is 7.89. The summed E-state index contributed by atoms with van der Waals surface area (Å²) in [5.74, 6) is 0.